The van der Waals surface area contributed by atoms with Gasteiger partial charge in [-0.25, -0.2) is 0 Å². The predicted molar refractivity (Wildman–Crippen MR) is 123 cm³/mol. The number of nitro groups is 1. The lowest BCUT2D eigenvalue weighted by atomic mass is 10.1. The Hall–Kier alpha value is -3.37. The van der Waals surface area contributed by atoms with E-state index in [-0.39, 0.29) is 17.4 Å². The van der Waals surface area contributed by atoms with Crippen LogP contribution in [0.1, 0.15) is 16.7 Å². The van der Waals surface area contributed by atoms with Gasteiger partial charge in [0.05, 0.1) is 31.2 Å². The van der Waals surface area contributed by atoms with Gasteiger partial charge in [-0.1, -0.05) is 65.8 Å². The van der Waals surface area contributed by atoms with Crippen LogP contribution in [-0.2, 0) is 12.3 Å². The molecule has 0 atom stereocenters. The predicted octanol–water partition coefficient (Wildman–Crippen LogP) is 4.08. The maximum Gasteiger partial charge on any atom is 0.408 e. The Morgan fingerprint density at radius 3 is 2.81 bits per heavy atom. The molecule has 0 spiro atoms. The number of nitrogens with two attached hydrogens (primary N) is 1. The van der Waals surface area contributed by atoms with Gasteiger partial charge < -0.3 is 20.6 Å². The minimum atomic E-state index is -0.625. The van der Waals surface area contributed by atoms with E-state index < -0.39 is 4.92 Å². The molecule has 1 heterocycles. The number of methoxy groups -OCH3 is 1. The van der Waals surface area contributed by atoms with Crippen molar-refractivity contribution in [2.24, 2.45) is 15.9 Å². The van der Waals surface area contributed by atoms with Gasteiger partial charge in [0.1, 0.15) is 5.75 Å². The van der Waals surface area contributed by atoms with E-state index in [1.807, 2.05) is 42.5 Å². The van der Waals surface area contributed by atoms with Crippen molar-refractivity contribution in [3.8, 4) is 5.75 Å². The van der Waals surface area contributed by atoms with Crippen LogP contribution in [0, 0.1) is 10.1 Å². The number of amidine groups is 1. The number of nitrogens with zero attached hydrogens (tertiary/aromatic N) is 5. The highest BCUT2D eigenvalue weighted by atomic mass is 35.5. The van der Waals surface area contributed by atoms with Crippen molar-refractivity contribution >= 4 is 40.6 Å². The minimum Gasteiger partial charge on any atom is -0.496 e. The third-order valence-electron chi connectivity index (χ3n) is 4.11. The van der Waals surface area contributed by atoms with Gasteiger partial charge in [0.2, 0.25) is 0 Å². The molecule has 2 aromatic carbocycles. The van der Waals surface area contributed by atoms with Gasteiger partial charge in [0.25, 0.3) is 0 Å². The van der Waals surface area contributed by atoms with Gasteiger partial charge >= 0.3 is 5.82 Å². The standard InChI is InChI=1S/C20H19ClN6O3S/c1-30-18-9-15(10-23-24-20(22)31-13-14-5-3-2-4-6-14)7-8-16(18)11-26-12-17(21)19(25-26)27(28)29/h2-10,12H,11,13H2,1H3,(H2,22,24). The number of aromatic nitrogens is 2. The second-order valence-corrected chi connectivity index (χ2v) is 7.69. The molecule has 0 fully saturated rings. The summed E-state index contributed by atoms with van der Waals surface area (Å²) in [5.74, 6) is 0.905. The summed E-state index contributed by atoms with van der Waals surface area (Å²) < 4.78 is 6.81. The van der Waals surface area contributed by atoms with Gasteiger partial charge in [-0.15, -0.1) is 5.10 Å². The molecule has 31 heavy (non-hydrogen) atoms. The van der Waals surface area contributed by atoms with E-state index in [9.17, 15) is 10.1 Å². The van der Waals surface area contributed by atoms with E-state index >= 15 is 0 Å². The minimum absolute atomic E-state index is 0.0201. The van der Waals surface area contributed by atoms with Gasteiger partial charge in [-0.3, -0.25) is 0 Å². The topological polar surface area (TPSA) is 121 Å². The molecule has 0 aliphatic rings. The lowest BCUT2D eigenvalue weighted by molar-refractivity contribution is -0.389. The highest BCUT2D eigenvalue weighted by Crippen LogP contribution is 2.25. The largest absolute Gasteiger partial charge is 0.496 e. The first-order chi connectivity index (χ1) is 15.0. The lowest BCUT2D eigenvalue weighted by Crippen LogP contribution is -2.06. The quantitative estimate of drug-likeness (QED) is 0.235. The number of rotatable bonds is 8. The fraction of sp³-hybridized carbons (Fsp3) is 0.150. The van der Waals surface area contributed by atoms with Crippen LogP contribution in [0.2, 0.25) is 5.02 Å². The molecule has 0 unspecified atom stereocenters. The van der Waals surface area contributed by atoms with E-state index in [1.165, 1.54) is 29.8 Å². The van der Waals surface area contributed by atoms with Gasteiger partial charge in [-0.2, -0.15) is 9.78 Å². The van der Waals surface area contributed by atoms with Crippen molar-refractivity contribution in [3.05, 3.63) is 86.6 Å². The maximum atomic E-state index is 10.9. The Balaban J connectivity index is 1.65. The van der Waals surface area contributed by atoms with Crippen LogP contribution in [0.25, 0.3) is 0 Å². The summed E-state index contributed by atoms with van der Waals surface area (Å²) in [6.45, 7) is 0.259. The first-order valence-corrected chi connectivity index (χ1v) is 10.4. The maximum absolute atomic E-state index is 10.9. The van der Waals surface area contributed by atoms with Crippen LogP contribution in [0.3, 0.4) is 0 Å². The van der Waals surface area contributed by atoms with E-state index in [4.69, 9.17) is 22.1 Å². The van der Waals surface area contributed by atoms with Crippen LogP contribution >= 0.6 is 23.4 Å². The third-order valence-corrected chi connectivity index (χ3v) is 5.23. The van der Waals surface area contributed by atoms with Crippen LogP contribution < -0.4 is 10.5 Å². The zero-order valence-corrected chi connectivity index (χ0v) is 18.1. The lowest BCUT2D eigenvalue weighted by Gasteiger charge is -2.08. The molecule has 0 radical (unpaired) electrons. The molecule has 3 rings (SSSR count). The molecule has 0 bridgehead atoms. The Labute approximate surface area is 187 Å². The first-order valence-electron chi connectivity index (χ1n) is 9.03. The Bertz CT molecular complexity index is 1120. The third kappa shape index (κ3) is 6.30. The first kappa shape index (κ1) is 22.3. The smallest absolute Gasteiger partial charge is 0.408 e. The molecule has 0 amide bonds. The second-order valence-electron chi connectivity index (χ2n) is 6.28. The Morgan fingerprint density at radius 1 is 1.35 bits per heavy atom. The highest BCUT2D eigenvalue weighted by Gasteiger charge is 2.19. The Kier molecular flexibility index (Phi) is 7.63. The highest BCUT2D eigenvalue weighted by molar-refractivity contribution is 8.13. The number of hydrogen-bond acceptors (Lipinski definition) is 7. The molecule has 2 N–H and O–H groups in total. The van der Waals surface area contributed by atoms with Gasteiger partial charge in [0, 0.05) is 11.3 Å². The van der Waals surface area contributed by atoms with Crippen LogP contribution in [0.4, 0.5) is 5.82 Å². The molecule has 3 aromatic rings. The van der Waals surface area contributed by atoms with Crippen LogP contribution in [0.15, 0.2) is 64.9 Å². The average molecular weight is 459 g/mol. The van der Waals surface area contributed by atoms with E-state index in [2.05, 4.69) is 15.3 Å². The van der Waals surface area contributed by atoms with Crippen molar-refractivity contribution in [3.63, 3.8) is 0 Å². The summed E-state index contributed by atoms with van der Waals surface area (Å²) in [6, 6.07) is 15.4. The van der Waals surface area contributed by atoms with Crippen LogP contribution in [0.5, 0.6) is 5.75 Å². The zero-order chi connectivity index (χ0) is 22.2. The molecular formula is C20H19ClN6O3S. The van der Waals surface area contributed by atoms with E-state index in [0.717, 1.165) is 16.7 Å². The number of benzene rings is 2. The van der Waals surface area contributed by atoms with E-state index in [0.29, 0.717) is 16.7 Å². The summed E-state index contributed by atoms with van der Waals surface area (Å²) in [6.07, 6.45) is 2.97. The van der Waals surface area contributed by atoms with Crippen molar-refractivity contribution in [1.82, 2.24) is 9.78 Å². The second kappa shape index (κ2) is 10.6. The molecule has 0 aliphatic heterocycles. The summed E-state index contributed by atoms with van der Waals surface area (Å²) >= 11 is 7.25. The molecule has 0 aliphatic carbocycles. The summed E-state index contributed by atoms with van der Waals surface area (Å²) in [5, 5.41) is 23.2. The van der Waals surface area contributed by atoms with Gasteiger partial charge in [-0.05, 0) is 22.1 Å². The fourth-order valence-electron chi connectivity index (χ4n) is 2.65. The molecule has 160 valence electrons. The van der Waals surface area contributed by atoms with Crippen LogP contribution in [-0.4, -0.2) is 33.2 Å². The van der Waals surface area contributed by atoms with E-state index in [1.54, 1.807) is 12.3 Å². The SMILES string of the molecule is COc1cc(C=NN=C(N)SCc2ccccc2)ccc1Cn1cc(Cl)c([N+](=O)[O-])n1. The van der Waals surface area contributed by atoms with Crippen molar-refractivity contribution in [2.75, 3.05) is 7.11 Å². The summed E-state index contributed by atoms with van der Waals surface area (Å²) in [5.41, 5.74) is 8.58. The molecule has 0 saturated carbocycles. The van der Waals surface area contributed by atoms with Gasteiger partial charge in [0.15, 0.2) is 10.2 Å². The molecule has 11 heteroatoms. The van der Waals surface area contributed by atoms with Crippen molar-refractivity contribution in [1.29, 1.82) is 0 Å². The average Bonchev–Trinajstić information content (AvgIpc) is 3.14. The fourth-order valence-corrected chi connectivity index (χ4v) is 3.48. The van der Waals surface area contributed by atoms with Crippen molar-refractivity contribution in [2.45, 2.75) is 12.3 Å². The number of thioether (sulfide) groups is 1. The normalized spacial score (nSPS) is 11.7. The molecule has 0 saturated heterocycles. The zero-order valence-electron chi connectivity index (χ0n) is 16.5. The molecule has 9 nitrogen and oxygen atoms in total. The monoisotopic (exact) mass is 458 g/mol. The summed E-state index contributed by atoms with van der Waals surface area (Å²) in [4.78, 5) is 10.3. The number of ether oxygens (including phenoxy) is 1. The number of halogens is 1. The molecule has 1 aromatic heterocycles. The van der Waals surface area contributed by atoms with Crippen molar-refractivity contribution < 1.29 is 9.66 Å². The number of hydrogen-bond donors (Lipinski definition) is 1. The molecular weight excluding hydrogens is 440 g/mol. The summed E-state index contributed by atoms with van der Waals surface area (Å²) in [7, 11) is 1.54. The Morgan fingerprint density at radius 2 is 2.13 bits per heavy atom.